The van der Waals surface area contributed by atoms with Crippen molar-refractivity contribution in [1.82, 2.24) is 14.7 Å². The summed E-state index contributed by atoms with van der Waals surface area (Å²) in [6.45, 7) is 2.90. The van der Waals surface area contributed by atoms with Gasteiger partial charge < -0.3 is 4.90 Å². The van der Waals surface area contributed by atoms with Gasteiger partial charge in [-0.15, -0.1) is 0 Å². The van der Waals surface area contributed by atoms with Crippen molar-refractivity contribution in [3.8, 4) is 0 Å². The summed E-state index contributed by atoms with van der Waals surface area (Å²) < 4.78 is 24.2. The number of likely N-dealkylation sites (N-methyl/N-ethyl adjacent to an activating group) is 1. The molecule has 1 amide bonds. The lowest BCUT2D eigenvalue weighted by Crippen LogP contribution is -2.40. The van der Waals surface area contributed by atoms with Gasteiger partial charge in [0.1, 0.15) is 17.9 Å². The van der Waals surface area contributed by atoms with Gasteiger partial charge in [-0.3, -0.25) is 19.6 Å². The number of aryl methyl sites for hydroxylation is 1. The van der Waals surface area contributed by atoms with Gasteiger partial charge in [-0.25, -0.2) is 8.42 Å². The average molecular weight is 330 g/mol. The highest BCUT2D eigenvalue weighted by molar-refractivity contribution is 7.91. The topological polar surface area (TPSA) is 115 Å². The molecule has 1 unspecified atom stereocenters. The maximum Gasteiger partial charge on any atom is 0.312 e. The summed E-state index contributed by atoms with van der Waals surface area (Å²) in [7, 11) is -1.52. The van der Waals surface area contributed by atoms with Crippen LogP contribution in [0, 0.1) is 24.0 Å². The van der Waals surface area contributed by atoms with Crippen LogP contribution in [-0.2, 0) is 21.2 Å². The minimum atomic E-state index is -3.07. The molecule has 10 heteroatoms. The fourth-order valence-corrected chi connectivity index (χ4v) is 4.40. The first-order chi connectivity index (χ1) is 10.1. The molecule has 22 heavy (non-hydrogen) atoms. The van der Waals surface area contributed by atoms with Gasteiger partial charge in [0, 0.05) is 13.1 Å². The number of hydrogen-bond acceptors (Lipinski definition) is 6. The summed E-state index contributed by atoms with van der Waals surface area (Å²) in [6, 6.07) is -0.343. The predicted molar refractivity (Wildman–Crippen MR) is 78.2 cm³/mol. The van der Waals surface area contributed by atoms with Crippen molar-refractivity contribution < 1.29 is 18.1 Å². The maximum absolute atomic E-state index is 12.3. The van der Waals surface area contributed by atoms with E-state index >= 15 is 0 Å². The molecule has 0 N–H and O–H groups in total. The molecule has 1 atom stereocenters. The third-order valence-electron chi connectivity index (χ3n) is 3.96. The summed E-state index contributed by atoms with van der Waals surface area (Å²) in [5, 5.41) is 15.0. The number of carbonyl (C=O) groups is 1. The number of sulfone groups is 1. The first-order valence-electron chi connectivity index (χ1n) is 6.77. The lowest BCUT2D eigenvalue weighted by molar-refractivity contribution is -0.386. The molecule has 9 nitrogen and oxygen atoms in total. The van der Waals surface area contributed by atoms with Crippen molar-refractivity contribution in [2.45, 2.75) is 32.9 Å². The van der Waals surface area contributed by atoms with E-state index in [1.807, 2.05) is 0 Å². The Bertz CT molecular complexity index is 724. The first-order valence-corrected chi connectivity index (χ1v) is 8.59. The van der Waals surface area contributed by atoms with Gasteiger partial charge in [-0.2, -0.15) is 5.10 Å². The van der Waals surface area contributed by atoms with Crippen LogP contribution in [0.1, 0.15) is 17.8 Å². The summed E-state index contributed by atoms with van der Waals surface area (Å²) in [5.74, 6) is -0.268. The van der Waals surface area contributed by atoms with E-state index in [4.69, 9.17) is 0 Å². The van der Waals surface area contributed by atoms with Crippen LogP contribution in [0.15, 0.2) is 0 Å². The van der Waals surface area contributed by atoms with Crippen LogP contribution in [0.5, 0.6) is 0 Å². The summed E-state index contributed by atoms with van der Waals surface area (Å²) >= 11 is 0. The molecule has 2 heterocycles. The fraction of sp³-hybridized carbons (Fsp3) is 0.667. The van der Waals surface area contributed by atoms with E-state index in [0.717, 1.165) is 0 Å². The Morgan fingerprint density at radius 3 is 2.59 bits per heavy atom. The van der Waals surface area contributed by atoms with Gasteiger partial charge >= 0.3 is 5.69 Å². The van der Waals surface area contributed by atoms with E-state index < -0.39 is 14.8 Å². The van der Waals surface area contributed by atoms with Crippen molar-refractivity contribution in [3.05, 3.63) is 21.5 Å². The second kappa shape index (κ2) is 5.67. The smallest absolute Gasteiger partial charge is 0.312 e. The highest BCUT2D eigenvalue weighted by atomic mass is 32.2. The molecule has 1 aliphatic heterocycles. The summed E-state index contributed by atoms with van der Waals surface area (Å²) in [5.41, 5.74) is 0.462. The van der Waals surface area contributed by atoms with Crippen LogP contribution in [-0.4, -0.2) is 58.5 Å². The number of nitro groups is 1. The zero-order chi connectivity index (χ0) is 16.7. The van der Waals surface area contributed by atoms with Gasteiger partial charge in [0.05, 0.1) is 16.4 Å². The van der Waals surface area contributed by atoms with Crippen molar-refractivity contribution >= 4 is 21.4 Å². The number of hydrogen-bond donors (Lipinski definition) is 0. The largest absolute Gasteiger partial charge is 0.340 e. The van der Waals surface area contributed by atoms with Crippen LogP contribution in [0.4, 0.5) is 5.69 Å². The standard InChI is InChI=1S/C12H18N4O5S/c1-8-12(16(18)19)9(2)15(13-8)6-11(17)14(3)10-4-5-22(20,21)7-10/h10H,4-7H2,1-3H3. The molecule has 1 fully saturated rings. The fourth-order valence-electron chi connectivity index (χ4n) is 2.63. The first kappa shape index (κ1) is 16.4. The van der Waals surface area contributed by atoms with E-state index in [9.17, 15) is 23.3 Å². The van der Waals surface area contributed by atoms with Gasteiger partial charge in [0.15, 0.2) is 9.84 Å². The van der Waals surface area contributed by atoms with Gasteiger partial charge in [0.25, 0.3) is 0 Å². The van der Waals surface area contributed by atoms with Crippen LogP contribution in [0.3, 0.4) is 0 Å². The molecule has 0 aliphatic carbocycles. The molecule has 0 saturated carbocycles. The Morgan fingerprint density at radius 2 is 2.14 bits per heavy atom. The summed E-state index contributed by atoms with van der Waals surface area (Å²) in [6.07, 6.45) is 0.418. The maximum atomic E-state index is 12.3. The second-order valence-electron chi connectivity index (χ2n) is 5.50. The zero-order valence-corrected chi connectivity index (χ0v) is 13.5. The molecule has 1 aliphatic rings. The molecular formula is C12H18N4O5S. The van der Waals surface area contributed by atoms with Crippen LogP contribution < -0.4 is 0 Å². The quantitative estimate of drug-likeness (QED) is 0.569. The number of rotatable bonds is 4. The van der Waals surface area contributed by atoms with E-state index in [2.05, 4.69) is 5.10 Å². The lowest BCUT2D eigenvalue weighted by Gasteiger charge is -2.23. The third-order valence-corrected chi connectivity index (χ3v) is 5.71. The number of nitrogens with zero attached hydrogens (tertiary/aromatic N) is 4. The van der Waals surface area contributed by atoms with E-state index in [0.29, 0.717) is 12.1 Å². The van der Waals surface area contributed by atoms with Gasteiger partial charge in [0.2, 0.25) is 5.91 Å². The van der Waals surface area contributed by atoms with Gasteiger partial charge in [-0.05, 0) is 20.3 Å². The summed E-state index contributed by atoms with van der Waals surface area (Å²) in [4.78, 5) is 24.1. The molecule has 1 aromatic rings. The minimum absolute atomic E-state index is 0.0352. The monoisotopic (exact) mass is 330 g/mol. The second-order valence-corrected chi connectivity index (χ2v) is 7.72. The minimum Gasteiger partial charge on any atom is -0.340 e. The Hall–Kier alpha value is -1.97. The normalized spacial score (nSPS) is 20.0. The highest BCUT2D eigenvalue weighted by Gasteiger charge is 2.33. The van der Waals surface area contributed by atoms with Crippen LogP contribution in [0.2, 0.25) is 0 Å². The number of carbonyl (C=O) groups excluding carboxylic acids is 1. The van der Waals surface area contributed by atoms with Crippen LogP contribution in [0.25, 0.3) is 0 Å². The molecule has 0 spiro atoms. The Morgan fingerprint density at radius 1 is 1.50 bits per heavy atom. The Kier molecular flexibility index (Phi) is 4.23. The molecule has 0 aromatic carbocycles. The molecule has 1 saturated heterocycles. The number of amides is 1. The van der Waals surface area contributed by atoms with E-state index in [-0.39, 0.29) is 41.4 Å². The zero-order valence-electron chi connectivity index (χ0n) is 12.6. The Balaban J connectivity index is 2.13. The van der Waals surface area contributed by atoms with Crippen molar-refractivity contribution in [2.75, 3.05) is 18.6 Å². The predicted octanol–water partition coefficient (Wildman–Crippen LogP) is 0.0536. The van der Waals surface area contributed by atoms with Crippen molar-refractivity contribution in [3.63, 3.8) is 0 Å². The molecule has 1 aromatic heterocycles. The van der Waals surface area contributed by atoms with Crippen molar-refractivity contribution in [1.29, 1.82) is 0 Å². The van der Waals surface area contributed by atoms with E-state index in [1.165, 1.54) is 23.4 Å². The number of aromatic nitrogens is 2. The average Bonchev–Trinajstić information content (AvgIpc) is 2.89. The lowest BCUT2D eigenvalue weighted by atomic mass is 10.2. The molecule has 0 bridgehead atoms. The van der Waals surface area contributed by atoms with Crippen LogP contribution >= 0.6 is 0 Å². The highest BCUT2D eigenvalue weighted by Crippen LogP contribution is 2.22. The molecular weight excluding hydrogens is 312 g/mol. The molecule has 122 valence electrons. The van der Waals surface area contributed by atoms with Crippen molar-refractivity contribution in [2.24, 2.45) is 0 Å². The molecule has 2 rings (SSSR count). The van der Waals surface area contributed by atoms with Gasteiger partial charge in [-0.1, -0.05) is 0 Å². The Labute approximate surface area is 128 Å². The molecule has 0 radical (unpaired) electrons. The van der Waals surface area contributed by atoms with E-state index in [1.54, 1.807) is 7.05 Å². The SMILES string of the molecule is Cc1nn(CC(=O)N(C)C2CCS(=O)(=O)C2)c(C)c1[N+](=O)[O-]. The third kappa shape index (κ3) is 3.11.